The smallest absolute Gasteiger partial charge is 0.342 e. The molecule has 0 heterocycles. The average molecular weight is 362 g/mol. The van der Waals surface area contributed by atoms with Crippen LogP contribution < -0.4 is 4.74 Å². The topological polar surface area (TPSA) is 52.6 Å². The van der Waals surface area contributed by atoms with Gasteiger partial charge in [0.1, 0.15) is 11.3 Å². The predicted octanol–water partition coefficient (Wildman–Crippen LogP) is 4.81. The Morgan fingerprint density at radius 1 is 0.815 bits per heavy atom. The van der Waals surface area contributed by atoms with Gasteiger partial charge in [-0.1, -0.05) is 30.3 Å². The Labute approximate surface area is 158 Å². The van der Waals surface area contributed by atoms with Crippen molar-refractivity contribution < 1.29 is 19.1 Å². The van der Waals surface area contributed by atoms with Crippen LogP contribution in [0, 0.1) is 20.8 Å². The second-order valence-corrected chi connectivity index (χ2v) is 6.65. The number of hydrogen-bond donors (Lipinski definition) is 0. The van der Waals surface area contributed by atoms with Gasteiger partial charge in [-0.2, -0.15) is 0 Å². The fourth-order valence-corrected chi connectivity index (χ4v) is 3.10. The van der Waals surface area contributed by atoms with Gasteiger partial charge < -0.3 is 9.47 Å². The summed E-state index contributed by atoms with van der Waals surface area (Å²) in [4.78, 5) is 25.1. The molecule has 0 fully saturated rings. The van der Waals surface area contributed by atoms with Crippen molar-refractivity contribution in [3.63, 3.8) is 0 Å². The fourth-order valence-electron chi connectivity index (χ4n) is 3.10. The number of rotatable bonds is 5. The Morgan fingerprint density at radius 3 is 2.11 bits per heavy atom. The first-order valence-electron chi connectivity index (χ1n) is 8.75. The van der Waals surface area contributed by atoms with E-state index in [9.17, 15) is 9.59 Å². The molecule has 0 amide bonds. The number of hydrogen-bond acceptors (Lipinski definition) is 4. The van der Waals surface area contributed by atoms with E-state index in [1.807, 2.05) is 57.2 Å². The van der Waals surface area contributed by atoms with Gasteiger partial charge in [0.2, 0.25) is 5.78 Å². The molecule has 0 N–H and O–H groups in total. The SMILES string of the molecule is COc1cc2ccccc2cc1C(=O)OCC(=O)c1cc(C)c(C)cc1C. The van der Waals surface area contributed by atoms with Crippen LogP contribution in [0.1, 0.15) is 37.4 Å². The van der Waals surface area contributed by atoms with E-state index in [2.05, 4.69) is 0 Å². The molecule has 3 aromatic rings. The van der Waals surface area contributed by atoms with Crippen LogP contribution in [0.25, 0.3) is 10.8 Å². The molecule has 3 rings (SSSR count). The first kappa shape index (κ1) is 18.6. The average Bonchev–Trinajstić information content (AvgIpc) is 2.67. The Bertz CT molecular complexity index is 1030. The molecule has 0 unspecified atom stereocenters. The lowest BCUT2D eigenvalue weighted by atomic mass is 9.98. The van der Waals surface area contributed by atoms with Crippen molar-refractivity contribution >= 4 is 22.5 Å². The lowest BCUT2D eigenvalue weighted by Crippen LogP contribution is -2.16. The maximum atomic E-state index is 12.6. The molecule has 0 spiro atoms. The summed E-state index contributed by atoms with van der Waals surface area (Å²) in [6, 6.07) is 15.0. The number of benzene rings is 3. The fraction of sp³-hybridized carbons (Fsp3) is 0.217. The van der Waals surface area contributed by atoms with Gasteiger partial charge in [0, 0.05) is 5.56 Å². The van der Waals surface area contributed by atoms with Gasteiger partial charge in [0.25, 0.3) is 0 Å². The van der Waals surface area contributed by atoms with Gasteiger partial charge in [-0.25, -0.2) is 4.79 Å². The number of methoxy groups -OCH3 is 1. The molecule has 4 nitrogen and oxygen atoms in total. The van der Waals surface area contributed by atoms with Crippen molar-refractivity contribution in [1.29, 1.82) is 0 Å². The van der Waals surface area contributed by atoms with Gasteiger partial charge in [0.15, 0.2) is 6.61 Å². The second-order valence-electron chi connectivity index (χ2n) is 6.65. The van der Waals surface area contributed by atoms with Crippen molar-refractivity contribution in [3.05, 3.63) is 76.3 Å². The molecule has 138 valence electrons. The minimum Gasteiger partial charge on any atom is -0.496 e. The zero-order valence-electron chi connectivity index (χ0n) is 16.0. The van der Waals surface area contributed by atoms with Crippen LogP contribution in [0.5, 0.6) is 5.75 Å². The van der Waals surface area contributed by atoms with Crippen molar-refractivity contribution in [2.24, 2.45) is 0 Å². The van der Waals surface area contributed by atoms with Crippen LogP contribution in [0.3, 0.4) is 0 Å². The highest BCUT2D eigenvalue weighted by molar-refractivity contribution is 6.02. The van der Waals surface area contributed by atoms with Crippen LogP contribution in [0.4, 0.5) is 0 Å². The first-order chi connectivity index (χ1) is 12.9. The zero-order chi connectivity index (χ0) is 19.6. The van der Waals surface area contributed by atoms with Crippen LogP contribution in [-0.4, -0.2) is 25.5 Å². The molecule has 0 saturated carbocycles. The van der Waals surface area contributed by atoms with Crippen LogP contribution in [0.15, 0.2) is 48.5 Å². The van der Waals surface area contributed by atoms with Gasteiger partial charge in [-0.05, 0) is 66.4 Å². The molecular weight excluding hydrogens is 340 g/mol. The van der Waals surface area contributed by atoms with Crippen LogP contribution >= 0.6 is 0 Å². The third kappa shape index (κ3) is 3.85. The number of carbonyl (C=O) groups is 2. The molecule has 0 aliphatic heterocycles. The van der Waals surface area contributed by atoms with Gasteiger partial charge in [0.05, 0.1) is 7.11 Å². The van der Waals surface area contributed by atoms with E-state index in [1.165, 1.54) is 7.11 Å². The summed E-state index contributed by atoms with van der Waals surface area (Å²) in [5.41, 5.74) is 3.92. The second kappa shape index (κ2) is 7.62. The number of esters is 1. The summed E-state index contributed by atoms with van der Waals surface area (Å²) >= 11 is 0. The van der Waals surface area contributed by atoms with Crippen LogP contribution in [-0.2, 0) is 4.74 Å². The van der Waals surface area contributed by atoms with Crippen molar-refractivity contribution in [1.82, 2.24) is 0 Å². The molecule has 0 radical (unpaired) electrons. The van der Waals surface area contributed by atoms with Crippen molar-refractivity contribution in [2.75, 3.05) is 13.7 Å². The van der Waals surface area contributed by atoms with Gasteiger partial charge in [-0.15, -0.1) is 0 Å². The number of carbonyl (C=O) groups excluding carboxylic acids is 2. The van der Waals surface area contributed by atoms with E-state index in [1.54, 1.807) is 12.1 Å². The monoisotopic (exact) mass is 362 g/mol. The highest BCUT2D eigenvalue weighted by atomic mass is 16.5. The maximum Gasteiger partial charge on any atom is 0.342 e. The summed E-state index contributed by atoms with van der Waals surface area (Å²) in [7, 11) is 1.50. The van der Waals surface area contributed by atoms with Crippen LogP contribution in [0.2, 0.25) is 0 Å². The maximum absolute atomic E-state index is 12.6. The van der Waals surface area contributed by atoms with Crippen molar-refractivity contribution in [3.8, 4) is 5.75 Å². The van der Waals surface area contributed by atoms with E-state index in [0.717, 1.165) is 27.5 Å². The number of fused-ring (bicyclic) bond motifs is 1. The van der Waals surface area contributed by atoms with E-state index in [-0.39, 0.29) is 12.4 Å². The number of aryl methyl sites for hydroxylation is 3. The lowest BCUT2D eigenvalue weighted by Gasteiger charge is -2.12. The molecular formula is C23H22O4. The molecule has 0 aliphatic carbocycles. The Kier molecular flexibility index (Phi) is 5.26. The third-order valence-corrected chi connectivity index (χ3v) is 4.76. The predicted molar refractivity (Wildman–Crippen MR) is 106 cm³/mol. The van der Waals surface area contributed by atoms with E-state index in [0.29, 0.717) is 16.9 Å². The standard InChI is InChI=1S/C23H22O4/c1-14-9-16(3)19(10-15(14)2)21(24)13-27-23(25)20-11-17-7-5-6-8-18(17)12-22(20)26-4/h5-12H,13H2,1-4H3. The Hall–Kier alpha value is -3.14. The third-order valence-electron chi connectivity index (χ3n) is 4.76. The lowest BCUT2D eigenvalue weighted by molar-refractivity contribution is 0.0471. The number of Topliss-reactive ketones (excluding diaryl/α,β-unsaturated/α-hetero) is 1. The summed E-state index contributed by atoms with van der Waals surface area (Å²) in [5, 5.41) is 1.87. The molecule has 0 saturated heterocycles. The summed E-state index contributed by atoms with van der Waals surface area (Å²) in [6.45, 7) is 5.53. The largest absolute Gasteiger partial charge is 0.496 e. The van der Waals surface area contributed by atoms with Crippen molar-refractivity contribution in [2.45, 2.75) is 20.8 Å². The normalized spacial score (nSPS) is 10.7. The van der Waals surface area contributed by atoms with E-state index in [4.69, 9.17) is 9.47 Å². The summed E-state index contributed by atoms with van der Waals surface area (Å²) in [6.07, 6.45) is 0. The van der Waals surface area contributed by atoms with Gasteiger partial charge >= 0.3 is 5.97 Å². The molecule has 0 aromatic heterocycles. The Balaban J connectivity index is 1.81. The van der Waals surface area contributed by atoms with Gasteiger partial charge in [-0.3, -0.25) is 4.79 Å². The molecule has 3 aromatic carbocycles. The minimum absolute atomic E-state index is 0.219. The molecule has 4 heteroatoms. The summed E-state index contributed by atoms with van der Waals surface area (Å²) in [5.74, 6) is -0.371. The highest BCUT2D eigenvalue weighted by Crippen LogP contribution is 2.26. The molecule has 0 aliphatic rings. The zero-order valence-corrected chi connectivity index (χ0v) is 16.0. The number of ether oxygens (including phenoxy) is 2. The molecule has 27 heavy (non-hydrogen) atoms. The number of ketones is 1. The molecule has 0 bridgehead atoms. The Morgan fingerprint density at radius 2 is 1.44 bits per heavy atom. The van der Waals surface area contributed by atoms with E-state index < -0.39 is 5.97 Å². The van der Waals surface area contributed by atoms with E-state index >= 15 is 0 Å². The highest BCUT2D eigenvalue weighted by Gasteiger charge is 2.18. The first-order valence-corrected chi connectivity index (χ1v) is 8.75. The molecule has 0 atom stereocenters. The summed E-state index contributed by atoms with van der Waals surface area (Å²) < 4.78 is 10.6. The quantitative estimate of drug-likeness (QED) is 0.483. The minimum atomic E-state index is -0.576.